The van der Waals surface area contributed by atoms with E-state index in [0.29, 0.717) is 66.4 Å². The third kappa shape index (κ3) is 8.31. The zero-order valence-electron chi connectivity index (χ0n) is 32.5. The molecule has 3 amide bonds. The molecule has 2 saturated carbocycles. The molecular weight excluding hydrogens is 770 g/mol. The Kier molecular flexibility index (Phi) is 10.6. The second-order valence-electron chi connectivity index (χ2n) is 16.9. The van der Waals surface area contributed by atoms with Crippen LogP contribution in [0.3, 0.4) is 0 Å². The summed E-state index contributed by atoms with van der Waals surface area (Å²) in [5.41, 5.74) is -1.21. The number of alkyl halides is 3. The van der Waals surface area contributed by atoms with Gasteiger partial charge in [0.15, 0.2) is 0 Å². The first kappa shape index (κ1) is 40.8. The van der Waals surface area contributed by atoms with Gasteiger partial charge in [-0.05, 0) is 97.3 Å². The molecule has 17 heteroatoms. The van der Waals surface area contributed by atoms with E-state index in [1.54, 1.807) is 27.7 Å². The number of allylic oxidation sites excluding steroid dienone is 1. The van der Waals surface area contributed by atoms with Crippen LogP contribution in [0, 0.1) is 18.8 Å². The molecule has 4 heterocycles. The van der Waals surface area contributed by atoms with Crippen molar-refractivity contribution in [3.63, 3.8) is 0 Å². The van der Waals surface area contributed by atoms with Crippen LogP contribution in [0.5, 0.6) is 11.5 Å². The number of esters is 1. The predicted octanol–water partition coefficient (Wildman–Crippen LogP) is 5.46. The Balaban J connectivity index is 1.23. The van der Waals surface area contributed by atoms with Crippen molar-refractivity contribution in [3.8, 4) is 11.5 Å². The zero-order valence-corrected chi connectivity index (χ0v) is 33.3. The van der Waals surface area contributed by atoms with Crippen molar-refractivity contribution < 1.29 is 55.0 Å². The van der Waals surface area contributed by atoms with Crippen LogP contribution in [0.4, 0.5) is 13.2 Å². The Morgan fingerprint density at radius 3 is 2.58 bits per heavy atom. The highest BCUT2D eigenvalue weighted by Crippen LogP contribution is 2.49. The van der Waals surface area contributed by atoms with E-state index >= 15 is 0 Å². The van der Waals surface area contributed by atoms with Crippen molar-refractivity contribution in [2.75, 3.05) is 6.54 Å². The highest BCUT2D eigenvalue weighted by Gasteiger charge is 2.64. The maximum absolute atomic E-state index is 14.7. The first-order valence-corrected chi connectivity index (χ1v) is 21.2. The fraction of sp³-hybridized carbons (Fsp3) is 0.625. The topological polar surface area (TPSA) is 170 Å². The number of aromatic nitrogens is 1. The molecule has 3 fully saturated rings. The third-order valence-electron chi connectivity index (χ3n) is 12.1. The van der Waals surface area contributed by atoms with Crippen LogP contribution >= 0.6 is 0 Å². The van der Waals surface area contributed by atoms with Crippen LogP contribution < -0.4 is 19.5 Å². The molecule has 5 atom stereocenters. The maximum Gasteiger partial charge on any atom is 0.573 e. The van der Waals surface area contributed by atoms with Crippen LogP contribution in [0.1, 0.15) is 103 Å². The van der Waals surface area contributed by atoms with Gasteiger partial charge in [-0.25, -0.2) is 13.4 Å². The molecule has 2 aliphatic carbocycles. The van der Waals surface area contributed by atoms with Gasteiger partial charge in [0.2, 0.25) is 21.8 Å². The number of hydrogen-bond donors (Lipinski definition) is 2. The molecule has 2 aromatic rings. The Bertz CT molecular complexity index is 2120. The second-order valence-corrected chi connectivity index (χ2v) is 19.1. The molecule has 1 spiro atoms. The van der Waals surface area contributed by atoms with Gasteiger partial charge < -0.3 is 24.4 Å². The van der Waals surface area contributed by atoms with Gasteiger partial charge in [-0.3, -0.25) is 23.9 Å². The lowest BCUT2D eigenvalue weighted by atomic mass is 9.87. The van der Waals surface area contributed by atoms with Gasteiger partial charge >= 0.3 is 12.3 Å². The number of hydrogen-bond acceptors (Lipinski definition) is 10. The minimum atomic E-state index is -4.90. The highest BCUT2D eigenvalue weighted by molar-refractivity contribution is 7.91. The third-order valence-corrected chi connectivity index (χ3v) is 14.2. The number of rotatable bonds is 7. The lowest BCUT2D eigenvalue weighted by Gasteiger charge is -2.36. The summed E-state index contributed by atoms with van der Waals surface area (Å²) in [6, 6.07) is 2.71. The van der Waals surface area contributed by atoms with E-state index in [-0.39, 0.29) is 32.2 Å². The van der Waals surface area contributed by atoms with Gasteiger partial charge in [0, 0.05) is 29.2 Å². The van der Waals surface area contributed by atoms with Crippen molar-refractivity contribution in [2.24, 2.45) is 11.8 Å². The van der Waals surface area contributed by atoms with Gasteiger partial charge in [0.1, 0.15) is 28.7 Å². The van der Waals surface area contributed by atoms with E-state index < -0.39 is 85.7 Å². The van der Waals surface area contributed by atoms with Crippen molar-refractivity contribution >= 4 is 44.6 Å². The number of benzene rings is 1. The molecule has 1 aromatic carbocycles. The molecule has 1 aromatic heterocycles. The molecule has 0 radical (unpaired) electrons. The number of nitrogens with zero attached hydrogens (tertiary/aromatic N) is 2. The lowest BCUT2D eigenvalue weighted by molar-refractivity contribution is -0.274. The minimum Gasteiger partial charge on any atom is -0.483 e. The molecule has 1 saturated heterocycles. The fourth-order valence-corrected chi connectivity index (χ4v) is 9.82. The maximum atomic E-state index is 14.7. The molecule has 3 aliphatic heterocycles. The number of pyridine rings is 1. The lowest BCUT2D eigenvalue weighted by Crippen LogP contribution is -2.57. The standard InChI is InChI=1S/C40H49F3N4O9S/c1-23(2)54-32(48)18-25-10-8-6-5-7-9-11-26-20-39(26,36(51)46-57(52,53)37(4)16-17-37)45-34(49)31-21-38(22-47(31)35(25)50)15-14-28-29-19-27(55-40(41,42)43)12-13-30(29)44-24(3)33(28)56-38/h9,11-13,19,23,25-26,31H,5-8,10,14-18,20-22H2,1-4H3,(H,45,49)(H,46,51)/b11-9-/t25-,26-,31+,38-,39-/m1/s1. The van der Waals surface area contributed by atoms with Gasteiger partial charge in [0.25, 0.3) is 5.91 Å². The van der Waals surface area contributed by atoms with Crippen LogP contribution in [-0.4, -0.2) is 82.9 Å². The largest absolute Gasteiger partial charge is 0.573 e. The number of sulfonamides is 1. The summed E-state index contributed by atoms with van der Waals surface area (Å²) in [6.45, 7) is 6.63. The SMILES string of the molecule is Cc1nc2ccc(OC(F)(F)F)cc2c2c1O[C@]1(CC2)C[C@H]2C(=O)N[C@]3(C(=O)NS(=O)(=O)C4(C)CC4)C[C@H]3/C=C\CCCCC[C@H](CC(=O)OC(C)C)C(=O)N2C1. The number of ether oxygens (including phenoxy) is 3. The van der Waals surface area contributed by atoms with Crippen molar-refractivity contribution in [1.82, 2.24) is 19.9 Å². The second kappa shape index (κ2) is 14.8. The number of halogens is 3. The average Bonchev–Trinajstić information content (AvgIpc) is 4.01. The van der Waals surface area contributed by atoms with Crippen LogP contribution in [0.25, 0.3) is 10.9 Å². The molecule has 310 valence electrons. The number of nitrogens with one attached hydrogen (secondary N) is 2. The normalized spacial score (nSPS) is 29.2. The van der Waals surface area contributed by atoms with E-state index in [1.807, 2.05) is 12.2 Å². The fourth-order valence-electron chi connectivity index (χ4n) is 8.51. The molecule has 13 nitrogen and oxygen atoms in total. The summed E-state index contributed by atoms with van der Waals surface area (Å²) in [7, 11) is -4.04. The monoisotopic (exact) mass is 818 g/mol. The number of carbonyl (C=O) groups is 4. The first-order chi connectivity index (χ1) is 26.7. The highest BCUT2D eigenvalue weighted by atomic mass is 32.2. The van der Waals surface area contributed by atoms with E-state index in [9.17, 15) is 40.8 Å². The Morgan fingerprint density at radius 1 is 1.12 bits per heavy atom. The molecular formula is C40H49F3N4O9S. The zero-order chi connectivity index (χ0) is 41.1. The van der Waals surface area contributed by atoms with E-state index in [4.69, 9.17) is 9.47 Å². The van der Waals surface area contributed by atoms with Crippen molar-refractivity contribution in [2.45, 2.75) is 139 Å². The molecule has 0 bridgehead atoms. The van der Waals surface area contributed by atoms with Crippen LogP contribution in [0.15, 0.2) is 30.4 Å². The van der Waals surface area contributed by atoms with E-state index in [0.717, 1.165) is 12.8 Å². The Hall–Kier alpha value is -4.41. The summed E-state index contributed by atoms with van der Waals surface area (Å²) >= 11 is 0. The minimum absolute atomic E-state index is 0.0174. The molecule has 7 rings (SSSR count). The molecule has 0 unspecified atom stereocenters. The van der Waals surface area contributed by atoms with Crippen molar-refractivity contribution in [3.05, 3.63) is 41.6 Å². The molecule has 2 N–H and O–H groups in total. The van der Waals surface area contributed by atoms with Gasteiger partial charge in [-0.2, -0.15) is 0 Å². The van der Waals surface area contributed by atoms with Crippen molar-refractivity contribution in [1.29, 1.82) is 0 Å². The summed E-state index contributed by atoms with van der Waals surface area (Å²) in [5.74, 6) is -3.91. The Morgan fingerprint density at radius 2 is 1.88 bits per heavy atom. The summed E-state index contributed by atoms with van der Waals surface area (Å²) in [4.78, 5) is 62.2. The predicted molar refractivity (Wildman–Crippen MR) is 200 cm³/mol. The smallest absolute Gasteiger partial charge is 0.483 e. The number of aryl methyl sites for hydroxylation is 2. The van der Waals surface area contributed by atoms with E-state index in [1.165, 1.54) is 23.1 Å². The van der Waals surface area contributed by atoms with Gasteiger partial charge in [0.05, 0.1) is 35.0 Å². The summed E-state index contributed by atoms with van der Waals surface area (Å²) in [5, 5.41) is 3.29. The summed E-state index contributed by atoms with van der Waals surface area (Å²) in [6.07, 6.45) is 2.95. The first-order valence-electron chi connectivity index (χ1n) is 19.7. The summed E-state index contributed by atoms with van der Waals surface area (Å²) < 4.78 is 83.3. The number of fused-ring (bicyclic) bond motifs is 5. The van der Waals surface area contributed by atoms with Crippen LogP contribution in [-0.2, 0) is 40.4 Å². The number of amides is 3. The molecule has 57 heavy (non-hydrogen) atoms. The quantitative estimate of drug-likeness (QED) is 0.270. The van der Waals surface area contributed by atoms with Crippen LogP contribution in [0.2, 0.25) is 0 Å². The van der Waals surface area contributed by atoms with E-state index in [2.05, 4.69) is 19.8 Å². The Labute approximate surface area is 329 Å². The van der Waals surface area contributed by atoms with Gasteiger partial charge in [-0.1, -0.05) is 25.0 Å². The molecule has 5 aliphatic rings. The van der Waals surface area contributed by atoms with Gasteiger partial charge in [-0.15, -0.1) is 13.2 Å². The average molecular weight is 819 g/mol. The number of carbonyl (C=O) groups excluding carboxylic acids is 4.